The highest BCUT2D eigenvalue weighted by molar-refractivity contribution is 6.31. The van der Waals surface area contributed by atoms with Crippen molar-refractivity contribution in [1.29, 1.82) is 0 Å². The Morgan fingerprint density at radius 1 is 1.53 bits per heavy atom. The number of nitrogens with two attached hydrogens (primary N) is 1. The molecule has 3 nitrogen and oxygen atoms in total. The van der Waals surface area contributed by atoms with Crippen LogP contribution in [0.3, 0.4) is 0 Å². The van der Waals surface area contributed by atoms with Crippen LogP contribution in [0.15, 0.2) is 18.2 Å². The lowest BCUT2D eigenvalue weighted by Gasteiger charge is -2.18. The maximum Gasteiger partial charge on any atom is 0.224 e. The molecule has 0 bridgehead atoms. The monoisotopic (exact) mass is 258 g/mol. The topological polar surface area (TPSA) is 55.1 Å². The van der Waals surface area contributed by atoms with Crippen molar-refractivity contribution in [2.45, 2.75) is 19.9 Å². The molecule has 0 saturated heterocycles. The van der Waals surface area contributed by atoms with Crippen LogP contribution in [0.25, 0.3) is 0 Å². The summed E-state index contributed by atoms with van der Waals surface area (Å²) in [5.41, 5.74) is 5.68. The average molecular weight is 259 g/mol. The summed E-state index contributed by atoms with van der Waals surface area (Å²) >= 11 is 5.91. The summed E-state index contributed by atoms with van der Waals surface area (Å²) in [5.74, 6) is -0.937. The number of carbonyl (C=O) groups is 1. The molecule has 0 fully saturated rings. The summed E-state index contributed by atoms with van der Waals surface area (Å²) in [7, 11) is 0. The van der Waals surface area contributed by atoms with Crippen molar-refractivity contribution in [2.24, 2.45) is 11.7 Å². The van der Waals surface area contributed by atoms with Gasteiger partial charge in [-0.1, -0.05) is 24.6 Å². The Hall–Kier alpha value is -1.13. The van der Waals surface area contributed by atoms with Gasteiger partial charge in [0.25, 0.3) is 0 Å². The van der Waals surface area contributed by atoms with Crippen molar-refractivity contribution < 1.29 is 9.18 Å². The van der Waals surface area contributed by atoms with Crippen LogP contribution in [0.4, 0.5) is 4.39 Å². The zero-order valence-electron chi connectivity index (χ0n) is 9.84. The summed E-state index contributed by atoms with van der Waals surface area (Å²) in [4.78, 5) is 11.6. The van der Waals surface area contributed by atoms with Gasteiger partial charge in [-0.15, -0.1) is 0 Å². The zero-order valence-corrected chi connectivity index (χ0v) is 10.6. The second-order valence-corrected chi connectivity index (χ2v) is 4.41. The van der Waals surface area contributed by atoms with E-state index in [1.807, 2.05) is 0 Å². The van der Waals surface area contributed by atoms with Crippen molar-refractivity contribution in [3.05, 3.63) is 34.6 Å². The molecule has 1 aromatic rings. The van der Waals surface area contributed by atoms with E-state index >= 15 is 0 Å². The van der Waals surface area contributed by atoms with Crippen LogP contribution in [0.2, 0.25) is 5.02 Å². The first-order valence-corrected chi connectivity index (χ1v) is 5.79. The Labute approximate surface area is 105 Å². The van der Waals surface area contributed by atoms with Gasteiger partial charge in [-0.25, -0.2) is 4.39 Å². The second kappa shape index (κ2) is 5.98. The van der Waals surface area contributed by atoms with E-state index in [1.54, 1.807) is 19.9 Å². The second-order valence-electron chi connectivity index (χ2n) is 4.00. The molecule has 5 heteroatoms. The lowest BCUT2D eigenvalue weighted by Crippen LogP contribution is -2.35. The van der Waals surface area contributed by atoms with Crippen molar-refractivity contribution >= 4 is 17.5 Å². The van der Waals surface area contributed by atoms with Crippen LogP contribution in [0, 0.1) is 11.7 Å². The van der Waals surface area contributed by atoms with Gasteiger partial charge in [-0.3, -0.25) is 4.79 Å². The van der Waals surface area contributed by atoms with Gasteiger partial charge in [0.2, 0.25) is 5.91 Å². The quantitative estimate of drug-likeness (QED) is 0.870. The van der Waals surface area contributed by atoms with Gasteiger partial charge in [0.15, 0.2) is 0 Å². The third-order valence-corrected chi connectivity index (χ3v) is 2.92. The highest BCUT2D eigenvalue weighted by Crippen LogP contribution is 2.25. The first-order valence-electron chi connectivity index (χ1n) is 5.41. The van der Waals surface area contributed by atoms with Crippen molar-refractivity contribution in [2.75, 3.05) is 6.54 Å². The van der Waals surface area contributed by atoms with E-state index < -0.39 is 11.9 Å². The average Bonchev–Trinajstić information content (AvgIpc) is 2.27. The number of nitrogens with one attached hydrogen (secondary N) is 1. The molecule has 0 heterocycles. The summed E-state index contributed by atoms with van der Waals surface area (Å²) in [6.45, 7) is 3.65. The molecular weight excluding hydrogens is 243 g/mol. The molecule has 1 amide bonds. The normalized spacial score (nSPS) is 14.2. The minimum absolute atomic E-state index is 0.209. The highest BCUT2D eigenvalue weighted by Gasteiger charge is 2.19. The molecule has 0 spiro atoms. The Bertz CT molecular complexity index is 391. The SMILES string of the molecule is CC(CN)C(=O)NC(C)c1c(F)cccc1Cl. The lowest BCUT2D eigenvalue weighted by molar-refractivity contribution is -0.124. The predicted octanol–water partition coefficient (Wildman–Crippen LogP) is 2.25. The zero-order chi connectivity index (χ0) is 13.0. The first-order chi connectivity index (χ1) is 7.97. The standard InChI is InChI=1S/C12H16ClFN2O/c1-7(6-15)12(17)16-8(2)11-9(13)4-3-5-10(11)14/h3-5,7-8H,6,15H2,1-2H3,(H,16,17). The summed E-state index contributed by atoms with van der Waals surface area (Å²) in [5, 5.41) is 2.99. The number of hydrogen-bond acceptors (Lipinski definition) is 2. The third kappa shape index (κ3) is 3.41. The van der Waals surface area contributed by atoms with Gasteiger partial charge < -0.3 is 11.1 Å². The van der Waals surface area contributed by atoms with E-state index in [4.69, 9.17) is 17.3 Å². The molecule has 2 atom stereocenters. The van der Waals surface area contributed by atoms with E-state index in [9.17, 15) is 9.18 Å². The maximum atomic E-state index is 13.6. The smallest absolute Gasteiger partial charge is 0.224 e. The molecule has 1 rings (SSSR count). The minimum Gasteiger partial charge on any atom is -0.349 e. The van der Waals surface area contributed by atoms with E-state index in [1.165, 1.54) is 12.1 Å². The maximum absolute atomic E-state index is 13.6. The predicted molar refractivity (Wildman–Crippen MR) is 66.2 cm³/mol. The van der Waals surface area contributed by atoms with Crippen molar-refractivity contribution in [3.63, 3.8) is 0 Å². The van der Waals surface area contributed by atoms with Gasteiger partial charge in [0.1, 0.15) is 5.82 Å². The first kappa shape index (κ1) is 13.9. The largest absolute Gasteiger partial charge is 0.349 e. The number of carbonyl (C=O) groups excluding carboxylic acids is 1. The Morgan fingerprint density at radius 2 is 2.18 bits per heavy atom. The number of benzene rings is 1. The van der Waals surface area contributed by atoms with Crippen molar-refractivity contribution in [1.82, 2.24) is 5.32 Å². The van der Waals surface area contributed by atoms with Gasteiger partial charge >= 0.3 is 0 Å². The number of rotatable bonds is 4. The number of hydrogen-bond donors (Lipinski definition) is 2. The molecule has 17 heavy (non-hydrogen) atoms. The van der Waals surface area contributed by atoms with E-state index in [0.717, 1.165) is 0 Å². The fourth-order valence-corrected chi connectivity index (χ4v) is 1.79. The van der Waals surface area contributed by atoms with Crippen LogP contribution in [-0.2, 0) is 4.79 Å². The molecule has 94 valence electrons. The van der Waals surface area contributed by atoms with E-state index in [0.29, 0.717) is 10.6 Å². The Morgan fingerprint density at radius 3 is 2.71 bits per heavy atom. The van der Waals surface area contributed by atoms with E-state index in [-0.39, 0.29) is 18.4 Å². The molecule has 3 N–H and O–H groups in total. The Kier molecular flexibility index (Phi) is 4.90. The van der Waals surface area contributed by atoms with Gasteiger partial charge in [-0.2, -0.15) is 0 Å². The van der Waals surface area contributed by atoms with Crippen LogP contribution < -0.4 is 11.1 Å². The summed E-state index contributed by atoms with van der Waals surface area (Å²) < 4.78 is 13.6. The fraction of sp³-hybridized carbons (Fsp3) is 0.417. The number of halogens is 2. The fourth-order valence-electron chi connectivity index (χ4n) is 1.46. The molecular formula is C12H16ClFN2O. The van der Waals surface area contributed by atoms with Gasteiger partial charge in [0.05, 0.1) is 6.04 Å². The molecule has 0 aliphatic rings. The number of amides is 1. The molecule has 0 saturated carbocycles. The van der Waals surface area contributed by atoms with Gasteiger partial charge in [-0.05, 0) is 19.1 Å². The van der Waals surface area contributed by atoms with Crippen molar-refractivity contribution in [3.8, 4) is 0 Å². The van der Waals surface area contributed by atoms with Crippen LogP contribution in [0.5, 0.6) is 0 Å². The van der Waals surface area contributed by atoms with Crippen LogP contribution in [-0.4, -0.2) is 12.5 Å². The van der Waals surface area contributed by atoms with Crippen LogP contribution >= 0.6 is 11.6 Å². The molecule has 0 aliphatic heterocycles. The summed E-state index contributed by atoms with van der Waals surface area (Å²) in [6.07, 6.45) is 0. The highest BCUT2D eigenvalue weighted by atomic mass is 35.5. The molecule has 0 radical (unpaired) electrons. The van der Waals surface area contributed by atoms with Crippen LogP contribution in [0.1, 0.15) is 25.5 Å². The molecule has 2 unspecified atom stereocenters. The molecule has 1 aromatic carbocycles. The lowest BCUT2D eigenvalue weighted by atomic mass is 10.1. The molecule has 0 aliphatic carbocycles. The minimum atomic E-state index is -0.481. The Balaban J connectivity index is 2.83. The molecule has 0 aromatic heterocycles. The van der Waals surface area contributed by atoms with Gasteiger partial charge in [0, 0.05) is 23.0 Å². The summed E-state index contributed by atoms with van der Waals surface area (Å²) in [6, 6.07) is 3.95. The van der Waals surface area contributed by atoms with E-state index in [2.05, 4.69) is 5.32 Å². The third-order valence-electron chi connectivity index (χ3n) is 2.59.